The maximum absolute atomic E-state index is 10.7. The molecule has 1 aromatic rings. The molecule has 0 aromatic heterocycles. The summed E-state index contributed by atoms with van der Waals surface area (Å²) >= 11 is 0. The van der Waals surface area contributed by atoms with Crippen LogP contribution in [0, 0.1) is 0 Å². The highest BCUT2D eigenvalue weighted by molar-refractivity contribution is 5.94. The zero-order chi connectivity index (χ0) is 11.7. The molecule has 0 unspecified atom stereocenters. The van der Waals surface area contributed by atoms with E-state index in [0.29, 0.717) is 11.3 Å². The van der Waals surface area contributed by atoms with Crippen LogP contribution >= 0.6 is 0 Å². The minimum absolute atomic E-state index is 0.0502. The van der Waals surface area contributed by atoms with Crippen molar-refractivity contribution in [2.24, 2.45) is 0 Å². The van der Waals surface area contributed by atoms with Crippen molar-refractivity contribution in [1.82, 2.24) is 0 Å². The Labute approximate surface area is 90.6 Å². The minimum Gasteiger partial charge on any atom is -0.488 e. The number of rotatable bonds is 2. The van der Waals surface area contributed by atoms with Gasteiger partial charge >= 0.3 is 11.9 Å². The number of hydrogen-bond acceptors (Lipinski definition) is 3. The Kier molecular flexibility index (Phi) is 2.36. The standard InChI is InChI=1S/C11H8O5/c12-10(13)7-2-1-6-3-8(11(14)15)5-16-9(6)4-7/h1-4H,5H2,(H,12,13)(H,14,15). The van der Waals surface area contributed by atoms with Gasteiger partial charge in [0.25, 0.3) is 0 Å². The van der Waals surface area contributed by atoms with E-state index in [1.54, 1.807) is 0 Å². The summed E-state index contributed by atoms with van der Waals surface area (Å²) in [7, 11) is 0. The third kappa shape index (κ3) is 1.75. The maximum atomic E-state index is 10.7. The second kappa shape index (κ2) is 3.69. The summed E-state index contributed by atoms with van der Waals surface area (Å²) in [5, 5.41) is 17.5. The van der Waals surface area contributed by atoms with Gasteiger partial charge in [-0.05, 0) is 18.2 Å². The molecule has 16 heavy (non-hydrogen) atoms. The maximum Gasteiger partial charge on any atom is 0.335 e. The molecule has 2 N–H and O–H groups in total. The van der Waals surface area contributed by atoms with E-state index in [4.69, 9.17) is 14.9 Å². The van der Waals surface area contributed by atoms with Crippen molar-refractivity contribution in [3.8, 4) is 5.75 Å². The van der Waals surface area contributed by atoms with Crippen LogP contribution in [-0.2, 0) is 4.79 Å². The third-order valence-electron chi connectivity index (χ3n) is 2.25. The molecular weight excluding hydrogens is 212 g/mol. The molecule has 82 valence electrons. The second-order valence-electron chi connectivity index (χ2n) is 3.32. The van der Waals surface area contributed by atoms with Crippen molar-refractivity contribution in [3.63, 3.8) is 0 Å². The predicted molar refractivity (Wildman–Crippen MR) is 54.5 cm³/mol. The molecule has 2 rings (SSSR count). The molecule has 0 saturated carbocycles. The van der Waals surface area contributed by atoms with Crippen molar-refractivity contribution < 1.29 is 24.5 Å². The van der Waals surface area contributed by atoms with Gasteiger partial charge < -0.3 is 14.9 Å². The third-order valence-corrected chi connectivity index (χ3v) is 2.25. The number of aliphatic carboxylic acids is 1. The molecule has 0 bridgehead atoms. The normalized spacial score (nSPS) is 13.4. The summed E-state index contributed by atoms with van der Waals surface area (Å²) in [6.07, 6.45) is 1.48. The zero-order valence-corrected chi connectivity index (χ0v) is 8.14. The molecule has 5 heteroatoms. The van der Waals surface area contributed by atoms with Gasteiger partial charge in [-0.2, -0.15) is 0 Å². The minimum atomic E-state index is -1.04. The average Bonchev–Trinajstić information content (AvgIpc) is 2.27. The number of carboxylic acids is 2. The van der Waals surface area contributed by atoms with Gasteiger partial charge in [0.05, 0.1) is 11.1 Å². The van der Waals surface area contributed by atoms with E-state index in [1.165, 1.54) is 24.3 Å². The number of aromatic carboxylic acids is 1. The molecule has 5 nitrogen and oxygen atoms in total. The quantitative estimate of drug-likeness (QED) is 0.783. The van der Waals surface area contributed by atoms with Gasteiger partial charge in [0.15, 0.2) is 0 Å². The van der Waals surface area contributed by atoms with Crippen molar-refractivity contribution in [1.29, 1.82) is 0 Å². The Bertz CT molecular complexity index is 501. The lowest BCUT2D eigenvalue weighted by molar-refractivity contribution is -0.132. The van der Waals surface area contributed by atoms with E-state index in [0.717, 1.165) is 0 Å². The molecular formula is C11H8O5. The molecule has 0 saturated heterocycles. The highest BCUT2D eigenvalue weighted by Crippen LogP contribution is 2.27. The number of carboxylic acid groups (broad SMARTS) is 2. The molecule has 0 spiro atoms. The Morgan fingerprint density at radius 3 is 2.56 bits per heavy atom. The smallest absolute Gasteiger partial charge is 0.335 e. The van der Waals surface area contributed by atoms with Crippen molar-refractivity contribution in [3.05, 3.63) is 34.9 Å². The zero-order valence-electron chi connectivity index (χ0n) is 8.14. The van der Waals surface area contributed by atoms with Crippen LogP contribution in [0.15, 0.2) is 23.8 Å². The Balaban J connectivity index is 2.43. The van der Waals surface area contributed by atoms with Crippen LogP contribution in [0.2, 0.25) is 0 Å². The van der Waals surface area contributed by atoms with Gasteiger partial charge in [0, 0.05) is 5.56 Å². The molecule has 0 fully saturated rings. The molecule has 0 radical (unpaired) electrons. The van der Waals surface area contributed by atoms with Crippen LogP contribution in [0.4, 0.5) is 0 Å². The molecule has 1 aromatic carbocycles. The molecule has 0 atom stereocenters. The largest absolute Gasteiger partial charge is 0.488 e. The number of carbonyl (C=O) groups is 2. The van der Waals surface area contributed by atoms with Gasteiger partial charge in [0.2, 0.25) is 0 Å². The number of ether oxygens (including phenoxy) is 1. The number of hydrogen-bond donors (Lipinski definition) is 2. The van der Waals surface area contributed by atoms with Crippen molar-refractivity contribution in [2.75, 3.05) is 6.61 Å². The van der Waals surface area contributed by atoms with Gasteiger partial charge in [0.1, 0.15) is 12.4 Å². The Morgan fingerprint density at radius 2 is 1.94 bits per heavy atom. The van der Waals surface area contributed by atoms with Crippen molar-refractivity contribution >= 4 is 18.0 Å². The molecule has 1 aliphatic rings. The van der Waals surface area contributed by atoms with Crippen LogP contribution in [0.1, 0.15) is 15.9 Å². The van der Waals surface area contributed by atoms with E-state index in [9.17, 15) is 9.59 Å². The lowest BCUT2D eigenvalue weighted by Gasteiger charge is -2.15. The lowest BCUT2D eigenvalue weighted by atomic mass is 10.1. The summed E-state index contributed by atoms with van der Waals surface area (Å²) in [5.74, 6) is -1.68. The molecule has 0 amide bonds. The summed E-state index contributed by atoms with van der Waals surface area (Å²) < 4.78 is 5.18. The summed E-state index contributed by atoms with van der Waals surface area (Å²) in [6, 6.07) is 4.32. The van der Waals surface area contributed by atoms with Gasteiger partial charge in [-0.3, -0.25) is 0 Å². The van der Waals surface area contributed by atoms with Crippen LogP contribution in [0.5, 0.6) is 5.75 Å². The van der Waals surface area contributed by atoms with E-state index >= 15 is 0 Å². The van der Waals surface area contributed by atoms with Crippen LogP contribution in [0.3, 0.4) is 0 Å². The molecule has 0 aliphatic carbocycles. The SMILES string of the molecule is O=C(O)C1=Cc2ccc(C(=O)O)cc2OC1. The van der Waals surface area contributed by atoms with Crippen LogP contribution in [-0.4, -0.2) is 28.8 Å². The lowest BCUT2D eigenvalue weighted by Crippen LogP contribution is -2.14. The van der Waals surface area contributed by atoms with Crippen LogP contribution < -0.4 is 4.74 Å². The fourth-order valence-corrected chi connectivity index (χ4v) is 1.42. The highest BCUT2D eigenvalue weighted by Gasteiger charge is 2.17. The van der Waals surface area contributed by atoms with E-state index in [2.05, 4.69) is 0 Å². The average molecular weight is 220 g/mol. The van der Waals surface area contributed by atoms with Gasteiger partial charge in [-0.25, -0.2) is 9.59 Å². The first-order chi connectivity index (χ1) is 7.58. The van der Waals surface area contributed by atoms with Gasteiger partial charge in [-0.15, -0.1) is 0 Å². The fourth-order valence-electron chi connectivity index (χ4n) is 1.42. The fraction of sp³-hybridized carbons (Fsp3) is 0.0909. The summed E-state index contributed by atoms with van der Waals surface area (Å²) in [5.41, 5.74) is 0.843. The topological polar surface area (TPSA) is 83.8 Å². The highest BCUT2D eigenvalue weighted by atomic mass is 16.5. The van der Waals surface area contributed by atoms with Crippen molar-refractivity contribution in [2.45, 2.75) is 0 Å². The predicted octanol–water partition coefficient (Wildman–Crippen LogP) is 1.25. The summed E-state index contributed by atoms with van der Waals surface area (Å²) in [6.45, 7) is -0.0502. The van der Waals surface area contributed by atoms with E-state index in [-0.39, 0.29) is 17.7 Å². The Morgan fingerprint density at radius 1 is 1.19 bits per heavy atom. The van der Waals surface area contributed by atoms with E-state index in [1.807, 2.05) is 0 Å². The number of fused-ring (bicyclic) bond motifs is 1. The van der Waals surface area contributed by atoms with Crippen LogP contribution in [0.25, 0.3) is 6.08 Å². The second-order valence-corrected chi connectivity index (χ2v) is 3.32. The molecule has 1 aliphatic heterocycles. The first-order valence-electron chi connectivity index (χ1n) is 4.52. The molecule has 1 heterocycles. The Hall–Kier alpha value is -2.30. The van der Waals surface area contributed by atoms with E-state index < -0.39 is 11.9 Å². The monoisotopic (exact) mass is 220 g/mol. The number of benzene rings is 1. The summed E-state index contributed by atoms with van der Waals surface area (Å²) in [4.78, 5) is 21.4. The first kappa shape index (κ1) is 10.2. The van der Waals surface area contributed by atoms with Gasteiger partial charge in [-0.1, -0.05) is 6.07 Å². The first-order valence-corrected chi connectivity index (χ1v) is 4.52.